The van der Waals surface area contributed by atoms with Crippen molar-refractivity contribution in [2.24, 2.45) is 0 Å². The maximum atomic E-state index is 2.38. The van der Waals surface area contributed by atoms with Crippen molar-refractivity contribution in [3.8, 4) is 0 Å². The van der Waals surface area contributed by atoms with Crippen molar-refractivity contribution in [2.75, 3.05) is 0 Å². The molecule has 0 amide bonds. The molecule has 0 atom stereocenters. The minimum atomic E-state index is 0.874. The first-order valence-corrected chi connectivity index (χ1v) is 9.68. The van der Waals surface area contributed by atoms with Gasteiger partial charge in [0.1, 0.15) is 0 Å². The van der Waals surface area contributed by atoms with Gasteiger partial charge in [-0.25, -0.2) is 9.13 Å². The third-order valence-electron chi connectivity index (χ3n) is 5.32. The van der Waals surface area contributed by atoms with Crippen LogP contribution >= 0.6 is 0 Å². The van der Waals surface area contributed by atoms with Gasteiger partial charge in [-0.1, -0.05) is 48.5 Å². The number of benzene rings is 3. The summed E-state index contributed by atoms with van der Waals surface area (Å²) in [6.07, 6.45) is 8.49. The molecule has 2 heterocycles. The fourth-order valence-electron chi connectivity index (χ4n) is 3.93. The van der Waals surface area contributed by atoms with E-state index >= 15 is 0 Å². The van der Waals surface area contributed by atoms with E-state index in [1.54, 1.807) is 0 Å². The Hall–Kier alpha value is -3.52. The van der Waals surface area contributed by atoms with E-state index < -0.39 is 0 Å². The molecule has 0 aliphatic carbocycles. The van der Waals surface area contributed by atoms with Crippen LogP contribution in [0.5, 0.6) is 0 Å². The highest BCUT2D eigenvalue weighted by atomic mass is 14.9. The number of hydrogen-bond acceptors (Lipinski definition) is 0. The van der Waals surface area contributed by atoms with Gasteiger partial charge in [-0.15, -0.1) is 0 Å². The van der Waals surface area contributed by atoms with Gasteiger partial charge in [0.05, 0.1) is 0 Å². The summed E-state index contributed by atoms with van der Waals surface area (Å²) in [4.78, 5) is 0. The van der Waals surface area contributed by atoms with Crippen LogP contribution in [0, 0.1) is 0 Å². The lowest BCUT2D eigenvalue weighted by molar-refractivity contribution is -0.688. The van der Waals surface area contributed by atoms with Gasteiger partial charge in [-0.3, -0.25) is 0 Å². The maximum Gasteiger partial charge on any atom is 0.174 e. The van der Waals surface area contributed by atoms with Crippen molar-refractivity contribution >= 4 is 21.5 Å². The molecule has 2 heteroatoms. The van der Waals surface area contributed by atoms with Crippen molar-refractivity contribution < 1.29 is 9.13 Å². The summed E-state index contributed by atoms with van der Waals surface area (Å²) in [7, 11) is 0. The van der Waals surface area contributed by atoms with Gasteiger partial charge in [0.15, 0.2) is 37.9 Å². The van der Waals surface area contributed by atoms with Crippen molar-refractivity contribution in [3.63, 3.8) is 0 Å². The highest BCUT2D eigenvalue weighted by Gasteiger charge is 2.11. The quantitative estimate of drug-likeness (QED) is 0.324. The number of rotatable bonds is 4. The Balaban J connectivity index is 1.64. The molecular weight excluding hydrogens is 340 g/mol. The lowest BCUT2D eigenvalue weighted by atomic mass is 9.97. The molecule has 0 saturated heterocycles. The molecule has 0 saturated carbocycles. The van der Waals surface area contributed by atoms with E-state index in [2.05, 4.69) is 119 Å². The van der Waals surface area contributed by atoms with Crippen LogP contribution in [-0.2, 0) is 13.1 Å². The Labute approximate surface area is 164 Å². The standard InChI is InChI=1S/C26H22N2/c1-3-13-27(14-4-1)19-23-11-7-9-21-17-22-10-8-12-24(26(22)18-25(21)23)20-28-15-5-2-6-16-28/h1-18H,19-20H2/q+2. The molecule has 0 unspecified atom stereocenters. The van der Waals surface area contributed by atoms with E-state index in [1.807, 2.05) is 0 Å². The van der Waals surface area contributed by atoms with Crippen molar-refractivity contribution in [1.29, 1.82) is 0 Å². The smallest absolute Gasteiger partial charge is 0.174 e. The molecule has 0 fully saturated rings. The van der Waals surface area contributed by atoms with Gasteiger partial charge < -0.3 is 0 Å². The minimum absolute atomic E-state index is 0.874. The number of aromatic nitrogens is 2. The number of fused-ring (bicyclic) bond motifs is 2. The molecule has 0 bridgehead atoms. The molecule has 5 rings (SSSR count). The molecule has 0 aliphatic rings. The van der Waals surface area contributed by atoms with Gasteiger partial charge in [-0.2, -0.15) is 0 Å². The highest BCUT2D eigenvalue weighted by molar-refractivity contribution is 6.00. The van der Waals surface area contributed by atoms with Crippen LogP contribution in [0.4, 0.5) is 0 Å². The molecule has 28 heavy (non-hydrogen) atoms. The predicted molar refractivity (Wildman–Crippen MR) is 113 cm³/mol. The van der Waals surface area contributed by atoms with E-state index in [1.165, 1.54) is 32.7 Å². The van der Waals surface area contributed by atoms with E-state index in [-0.39, 0.29) is 0 Å². The Kier molecular flexibility index (Phi) is 4.30. The second kappa shape index (κ2) is 7.24. The van der Waals surface area contributed by atoms with Crippen LogP contribution in [0.2, 0.25) is 0 Å². The summed E-state index contributed by atoms with van der Waals surface area (Å²) >= 11 is 0. The molecule has 5 aromatic rings. The molecule has 0 spiro atoms. The number of nitrogens with zero attached hydrogens (tertiary/aromatic N) is 2. The van der Waals surface area contributed by atoms with Gasteiger partial charge in [0.2, 0.25) is 0 Å². The summed E-state index contributed by atoms with van der Waals surface area (Å²) < 4.78 is 4.45. The van der Waals surface area contributed by atoms with Crippen LogP contribution in [0.15, 0.2) is 110 Å². The first kappa shape index (κ1) is 16.6. The normalized spacial score (nSPS) is 11.1. The van der Waals surface area contributed by atoms with Gasteiger partial charge in [-0.05, 0) is 33.7 Å². The molecule has 0 radical (unpaired) electrons. The molecule has 2 aromatic heterocycles. The second-order valence-electron chi connectivity index (χ2n) is 7.22. The molecule has 134 valence electrons. The zero-order chi connectivity index (χ0) is 18.8. The third-order valence-corrected chi connectivity index (χ3v) is 5.32. The average molecular weight is 362 g/mol. The number of pyridine rings is 2. The summed E-state index contributed by atoms with van der Waals surface area (Å²) in [5.41, 5.74) is 2.69. The SMILES string of the molecule is c1cc[n+](Cc2cccc3cc4cccc(C[n+]5ccccc5)c4cc23)cc1. The summed E-state index contributed by atoms with van der Waals surface area (Å²) in [5.74, 6) is 0. The second-order valence-corrected chi connectivity index (χ2v) is 7.22. The average Bonchev–Trinajstić information content (AvgIpc) is 2.75. The fourth-order valence-corrected chi connectivity index (χ4v) is 3.93. The van der Waals surface area contributed by atoms with Crippen molar-refractivity contribution in [1.82, 2.24) is 0 Å². The Morgan fingerprint density at radius 2 is 0.929 bits per heavy atom. The van der Waals surface area contributed by atoms with Crippen LogP contribution < -0.4 is 9.13 Å². The van der Waals surface area contributed by atoms with Crippen LogP contribution in [0.1, 0.15) is 11.1 Å². The van der Waals surface area contributed by atoms with Gasteiger partial charge >= 0.3 is 0 Å². The van der Waals surface area contributed by atoms with E-state index in [9.17, 15) is 0 Å². The summed E-state index contributed by atoms with van der Waals surface area (Å²) in [6, 6.07) is 30.4. The summed E-state index contributed by atoms with van der Waals surface area (Å²) in [5, 5.41) is 5.26. The van der Waals surface area contributed by atoms with Crippen LogP contribution in [0.3, 0.4) is 0 Å². The predicted octanol–water partition coefficient (Wildman–Crippen LogP) is 4.66. The molecule has 0 N–H and O–H groups in total. The lowest BCUT2D eigenvalue weighted by Gasteiger charge is -2.09. The van der Waals surface area contributed by atoms with Crippen molar-refractivity contribution in [3.05, 3.63) is 121 Å². The Morgan fingerprint density at radius 1 is 0.464 bits per heavy atom. The first-order valence-electron chi connectivity index (χ1n) is 9.68. The molecule has 3 aromatic carbocycles. The first-order chi connectivity index (χ1) is 13.9. The summed E-state index contributed by atoms with van der Waals surface area (Å²) in [6.45, 7) is 1.75. The topological polar surface area (TPSA) is 7.76 Å². The monoisotopic (exact) mass is 362 g/mol. The third kappa shape index (κ3) is 3.25. The molecular formula is C26H22N2+2. The Bertz CT molecular complexity index is 1150. The highest BCUT2D eigenvalue weighted by Crippen LogP contribution is 2.28. The van der Waals surface area contributed by atoms with Crippen molar-refractivity contribution in [2.45, 2.75) is 13.1 Å². The lowest BCUT2D eigenvalue weighted by Crippen LogP contribution is -2.33. The van der Waals surface area contributed by atoms with Gasteiger partial charge in [0, 0.05) is 35.4 Å². The van der Waals surface area contributed by atoms with E-state index in [4.69, 9.17) is 0 Å². The minimum Gasteiger partial charge on any atom is -0.201 e. The van der Waals surface area contributed by atoms with E-state index in [0.717, 1.165) is 13.1 Å². The van der Waals surface area contributed by atoms with Crippen LogP contribution in [-0.4, -0.2) is 0 Å². The fraction of sp³-hybridized carbons (Fsp3) is 0.0769. The molecule has 2 nitrogen and oxygen atoms in total. The largest absolute Gasteiger partial charge is 0.201 e. The Morgan fingerprint density at radius 3 is 1.39 bits per heavy atom. The maximum absolute atomic E-state index is 2.38. The zero-order valence-electron chi connectivity index (χ0n) is 15.7. The van der Waals surface area contributed by atoms with Crippen LogP contribution in [0.25, 0.3) is 21.5 Å². The zero-order valence-corrected chi connectivity index (χ0v) is 15.7. The molecule has 0 aliphatic heterocycles. The van der Waals surface area contributed by atoms with Gasteiger partial charge in [0.25, 0.3) is 0 Å². The van der Waals surface area contributed by atoms with E-state index in [0.29, 0.717) is 0 Å². The number of hydrogen-bond donors (Lipinski definition) is 0.